The third-order valence-corrected chi connectivity index (χ3v) is 6.50. The van der Waals surface area contributed by atoms with Gasteiger partial charge in [-0.2, -0.15) is 0 Å². The van der Waals surface area contributed by atoms with Crippen molar-refractivity contribution in [3.05, 3.63) is 78.5 Å². The van der Waals surface area contributed by atoms with E-state index < -0.39 is 0 Å². The van der Waals surface area contributed by atoms with Gasteiger partial charge in [0.2, 0.25) is 0 Å². The first-order valence-corrected chi connectivity index (χ1v) is 11.7. The molecular formula is C28H30N4O2. The number of ether oxygens (including phenoxy) is 2. The smallest absolute Gasteiger partial charge is 0.131 e. The van der Waals surface area contributed by atoms with Crippen LogP contribution in [-0.4, -0.2) is 43.3 Å². The van der Waals surface area contributed by atoms with Crippen molar-refractivity contribution < 1.29 is 9.47 Å². The van der Waals surface area contributed by atoms with Crippen LogP contribution in [0.25, 0.3) is 22.2 Å². The molecule has 0 amide bonds. The minimum absolute atomic E-state index is 0.548. The van der Waals surface area contributed by atoms with Crippen LogP contribution in [0.15, 0.2) is 72.9 Å². The van der Waals surface area contributed by atoms with E-state index in [9.17, 15) is 0 Å². The van der Waals surface area contributed by atoms with Crippen molar-refractivity contribution in [3.8, 4) is 22.8 Å². The fourth-order valence-electron chi connectivity index (χ4n) is 4.52. The maximum atomic E-state index is 5.50. The number of hydrogen-bond acceptors (Lipinski definition) is 6. The predicted octanol–water partition coefficient (Wildman–Crippen LogP) is 5.07. The first kappa shape index (κ1) is 22.2. The molecule has 0 saturated carbocycles. The van der Waals surface area contributed by atoms with Crippen molar-refractivity contribution >= 4 is 16.7 Å². The Kier molecular flexibility index (Phi) is 6.58. The number of nitrogens with one attached hydrogen (secondary N) is 1. The minimum atomic E-state index is 0.548. The lowest BCUT2D eigenvalue weighted by Crippen LogP contribution is -2.42. The SMILES string of the molecule is COc1cc(OC)c2ccc(-c3ccc(N4CCC(NCc5ccccc5)CC4)nc3)nc2c1. The fourth-order valence-corrected chi connectivity index (χ4v) is 4.52. The molecule has 0 unspecified atom stereocenters. The number of fused-ring (bicyclic) bond motifs is 1. The van der Waals surface area contributed by atoms with E-state index in [-0.39, 0.29) is 0 Å². The van der Waals surface area contributed by atoms with Gasteiger partial charge in [0.15, 0.2) is 0 Å². The van der Waals surface area contributed by atoms with Crippen LogP contribution in [0.3, 0.4) is 0 Å². The normalized spacial score (nSPS) is 14.4. The number of anilines is 1. The molecule has 0 aliphatic carbocycles. The average molecular weight is 455 g/mol. The molecule has 0 spiro atoms. The number of aromatic nitrogens is 2. The van der Waals surface area contributed by atoms with Gasteiger partial charge in [0.25, 0.3) is 0 Å². The topological polar surface area (TPSA) is 59.5 Å². The molecule has 6 nitrogen and oxygen atoms in total. The monoisotopic (exact) mass is 454 g/mol. The van der Waals surface area contributed by atoms with Crippen molar-refractivity contribution in [3.63, 3.8) is 0 Å². The van der Waals surface area contributed by atoms with E-state index in [0.717, 1.165) is 72.0 Å². The van der Waals surface area contributed by atoms with Crippen LogP contribution in [0.5, 0.6) is 11.5 Å². The summed E-state index contributed by atoms with van der Waals surface area (Å²) in [4.78, 5) is 12.0. The molecule has 6 heteroatoms. The van der Waals surface area contributed by atoms with Gasteiger partial charge in [-0.15, -0.1) is 0 Å². The standard InChI is InChI=1S/C28H30N4O2/c1-33-23-16-26-24(27(17-23)34-2)9-10-25(31-26)21-8-11-28(30-19-21)32-14-12-22(13-15-32)29-18-20-6-4-3-5-7-20/h3-11,16-17,19,22,29H,12-15,18H2,1-2H3. The maximum absolute atomic E-state index is 5.50. The Balaban J connectivity index is 1.24. The molecule has 1 saturated heterocycles. The summed E-state index contributed by atoms with van der Waals surface area (Å²) in [6.45, 7) is 2.94. The quantitative estimate of drug-likeness (QED) is 0.421. The Morgan fingerprint density at radius 2 is 1.76 bits per heavy atom. The number of methoxy groups -OCH3 is 2. The fraction of sp³-hybridized carbons (Fsp3) is 0.286. The van der Waals surface area contributed by atoms with E-state index >= 15 is 0 Å². The third-order valence-electron chi connectivity index (χ3n) is 6.50. The zero-order valence-corrected chi connectivity index (χ0v) is 19.7. The van der Waals surface area contributed by atoms with E-state index in [1.165, 1.54) is 5.56 Å². The Labute approximate surface area is 200 Å². The summed E-state index contributed by atoms with van der Waals surface area (Å²) in [7, 11) is 3.31. The number of rotatable bonds is 7. The molecule has 1 aliphatic heterocycles. The van der Waals surface area contributed by atoms with Crippen LogP contribution < -0.4 is 19.7 Å². The van der Waals surface area contributed by atoms with Gasteiger partial charge in [-0.05, 0) is 42.7 Å². The number of benzene rings is 2. The summed E-state index contributed by atoms with van der Waals surface area (Å²) < 4.78 is 10.9. The van der Waals surface area contributed by atoms with Gasteiger partial charge in [0.1, 0.15) is 17.3 Å². The summed E-state index contributed by atoms with van der Waals surface area (Å²) in [5.74, 6) is 2.50. The van der Waals surface area contributed by atoms with Crippen molar-refractivity contribution in [1.29, 1.82) is 0 Å². The molecule has 4 aromatic rings. The molecule has 1 aliphatic rings. The van der Waals surface area contributed by atoms with Crippen LogP contribution >= 0.6 is 0 Å². The molecule has 34 heavy (non-hydrogen) atoms. The summed E-state index contributed by atoms with van der Waals surface area (Å²) in [5, 5.41) is 4.66. The predicted molar refractivity (Wildman–Crippen MR) is 137 cm³/mol. The lowest BCUT2D eigenvalue weighted by atomic mass is 10.0. The van der Waals surface area contributed by atoms with E-state index in [1.807, 2.05) is 30.5 Å². The second-order valence-electron chi connectivity index (χ2n) is 8.63. The highest BCUT2D eigenvalue weighted by Crippen LogP contribution is 2.32. The average Bonchev–Trinajstić information content (AvgIpc) is 2.92. The van der Waals surface area contributed by atoms with E-state index in [1.54, 1.807) is 14.2 Å². The van der Waals surface area contributed by atoms with Crippen LogP contribution in [-0.2, 0) is 6.54 Å². The van der Waals surface area contributed by atoms with Gasteiger partial charge >= 0.3 is 0 Å². The lowest BCUT2D eigenvalue weighted by Gasteiger charge is -2.33. The molecule has 1 N–H and O–H groups in total. The lowest BCUT2D eigenvalue weighted by molar-refractivity contribution is 0.398. The highest BCUT2D eigenvalue weighted by molar-refractivity contribution is 5.88. The second-order valence-corrected chi connectivity index (χ2v) is 8.63. The highest BCUT2D eigenvalue weighted by atomic mass is 16.5. The minimum Gasteiger partial charge on any atom is -0.497 e. The molecule has 5 rings (SSSR count). The van der Waals surface area contributed by atoms with Crippen molar-refractivity contribution in [2.45, 2.75) is 25.4 Å². The van der Waals surface area contributed by atoms with Crippen LogP contribution in [0, 0.1) is 0 Å². The zero-order valence-electron chi connectivity index (χ0n) is 19.7. The molecule has 2 aromatic heterocycles. The largest absolute Gasteiger partial charge is 0.497 e. The van der Waals surface area contributed by atoms with Gasteiger partial charge in [0.05, 0.1) is 25.4 Å². The summed E-state index contributed by atoms with van der Waals surface area (Å²) in [6.07, 6.45) is 4.15. The highest BCUT2D eigenvalue weighted by Gasteiger charge is 2.20. The molecule has 0 bridgehead atoms. The van der Waals surface area contributed by atoms with Crippen molar-refractivity contribution in [1.82, 2.24) is 15.3 Å². The Morgan fingerprint density at radius 3 is 2.47 bits per heavy atom. The first-order valence-electron chi connectivity index (χ1n) is 11.7. The van der Waals surface area contributed by atoms with E-state index in [2.05, 4.69) is 52.7 Å². The Hall–Kier alpha value is -3.64. The van der Waals surface area contributed by atoms with Gasteiger partial charge in [0, 0.05) is 55.0 Å². The van der Waals surface area contributed by atoms with Gasteiger partial charge in [-0.25, -0.2) is 9.97 Å². The van der Waals surface area contributed by atoms with Gasteiger partial charge in [-0.3, -0.25) is 0 Å². The van der Waals surface area contributed by atoms with Crippen LogP contribution in [0.2, 0.25) is 0 Å². The van der Waals surface area contributed by atoms with Gasteiger partial charge < -0.3 is 19.7 Å². The first-order chi connectivity index (χ1) is 16.7. The summed E-state index contributed by atoms with van der Waals surface area (Å²) in [6, 6.07) is 23.2. The molecular weight excluding hydrogens is 424 g/mol. The van der Waals surface area contributed by atoms with Crippen molar-refractivity contribution in [2.24, 2.45) is 0 Å². The molecule has 3 heterocycles. The molecule has 174 valence electrons. The molecule has 2 aromatic carbocycles. The van der Waals surface area contributed by atoms with Crippen LogP contribution in [0.1, 0.15) is 18.4 Å². The Morgan fingerprint density at radius 1 is 0.941 bits per heavy atom. The second kappa shape index (κ2) is 10.1. The van der Waals surface area contributed by atoms with E-state index in [0.29, 0.717) is 6.04 Å². The molecule has 1 fully saturated rings. The summed E-state index contributed by atoms with van der Waals surface area (Å²) in [5.41, 5.74) is 4.04. The van der Waals surface area contributed by atoms with E-state index in [4.69, 9.17) is 19.4 Å². The number of pyridine rings is 2. The number of hydrogen-bond donors (Lipinski definition) is 1. The number of nitrogens with zero attached hydrogens (tertiary/aromatic N) is 3. The maximum Gasteiger partial charge on any atom is 0.131 e. The number of piperidine rings is 1. The van der Waals surface area contributed by atoms with Crippen LogP contribution in [0.4, 0.5) is 5.82 Å². The Bertz CT molecular complexity index is 1240. The summed E-state index contributed by atoms with van der Waals surface area (Å²) >= 11 is 0. The third kappa shape index (κ3) is 4.82. The van der Waals surface area contributed by atoms with Crippen molar-refractivity contribution in [2.75, 3.05) is 32.2 Å². The zero-order chi connectivity index (χ0) is 23.3. The molecule has 0 atom stereocenters. The molecule has 0 radical (unpaired) electrons. The van der Waals surface area contributed by atoms with Gasteiger partial charge in [-0.1, -0.05) is 30.3 Å².